The van der Waals surface area contributed by atoms with E-state index in [0.29, 0.717) is 30.4 Å². The van der Waals surface area contributed by atoms with Gasteiger partial charge in [0.1, 0.15) is 18.1 Å². The number of nitrogens with one attached hydrogen (secondary N) is 3. The Morgan fingerprint density at radius 2 is 1.67 bits per heavy atom. The second kappa shape index (κ2) is 10.8. The van der Waals surface area contributed by atoms with Gasteiger partial charge in [0.05, 0.1) is 6.61 Å². The van der Waals surface area contributed by atoms with Crippen molar-refractivity contribution in [2.45, 2.75) is 13.5 Å². The maximum atomic E-state index is 12.1. The summed E-state index contributed by atoms with van der Waals surface area (Å²) < 4.78 is 11.1. The third kappa shape index (κ3) is 6.99. The van der Waals surface area contributed by atoms with Crippen molar-refractivity contribution in [2.75, 3.05) is 13.2 Å². The minimum atomic E-state index is -0.281. The number of hydrogen-bond acceptors (Lipinski definition) is 4. The molecule has 0 bridgehead atoms. The van der Waals surface area contributed by atoms with E-state index in [1.54, 1.807) is 18.2 Å². The molecule has 0 spiro atoms. The molecule has 0 heterocycles. The molecule has 0 unspecified atom stereocenters. The molecular formula is C20H23N3O3S. The molecule has 142 valence electrons. The third-order valence-electron chi connectivity index (χ3n) is 3.45. The first-order valence-corrected chi connectivity index (χ1v) is 8.93. The molecule has 2 aromatic carbocycles. The Kier molecular flexibility index (Phi) is 8.12. The topological polar surface area (TPSA) is 71.6 Å². The lowest BCUT2D eigenvalue weighted by atomic mass is 10.1. The Hall–Kier alpha value is -3.06. The summed E-state index contributed by atoms with van der Waals surface area (Å²) in [7, 11) is 0. The van der Waals surface area contributed by atoms with E-state index in [4.69, 9.17) is 21.7 Å². The van der Waals surface area contributed by atoms with Crippen molar-refractivity contribution in [2.24, 2.45) is 0 Å². The summed E-state index contributed by atoms with van der Waals surface area (Å²) in [6, 6.07) is 14.6. The fourth-order valence-corrected chi connectivity index (χ4v) is 2.25. The van der Waals surface area contributed by atoms with Crippen molar-refractivity contribution < 1.29 is 14.3 Å². The molecule has 6 nitrogen and oxygen atoms in total. The predicted octanol–water partition coefficient (Wildman–Crippen LogP) is 2.96. The standard InChI is InChI=1S/C20H23N3O3S/c1-3-13-21-20(27)23-22-19(24)16-7-5-15(6-8-16)14-26-18-11-9-17(10-12-18)25-4-2/h3,5-12H,1,4,13-14H2,2H3,(H,22,24)(H2,21,23,27). The van der Waals surface area contributed by atoms with Gasteiger partial charge in [0.15, 0.2) is 5.11 Å². The van der Waals surface area contributed by atoms with Crippen LogP contribution in [0.15, 0.2) is 61.2 Å². The van der Waals surface area contributed by atoms with Gasteiger partial charge in [-0.2, -0.15) is 0 Å². The molecule has 1 amide bonds. The van der Waals surface area contributed by atoms with Gasteiger partial charge in [-0.05, 0) is 61.1 Å². The zero-order chi connectivity index (χ0) is 19.5. The van der Waals surface area contributed by atoms with Gasteiger partial charge in [0.25, 0.3) is 5.91 Å². The summed E-state index contributed by atoms with van der Waals surface area (Å²) in [5.41, 5.74) is 6.63. The van der Waals surface area contributed by atoms with E-state index in [1.165, 1.54) is 0 Å². The van der Waals surface area contributed by atoms with E-state index in [0.717, 1.165) is 17.1 Å². The number of ether oxygens (including phenoxy) is 2. The van der Waals surface area contributed by atoms with Crippen LogP contribution >= 0.6 is 12.2 Å². The Morgan fingerprint density at radius 3 is 2.26 bits per heavy atom. The van der Waals surface area contributed by atoms with E-state index in [1.807, 2.05) is 43.3 Å². The molecule has 0 saturated heterocycles. The lowest BCUT2D eigenvalue weighted by Gasteiger charge is -2.11. The summed E-state index contributed by atoms with van der Waals surface area (Å²) in [6.07, 6.45) is 1.67. The first kappa shape index (κ1) is 20.3. The molecular weight excluding hydrogens is 362 g/mol. The quantitative estimate of drug-likeness (QED) is 0.369. The van der Waals surface area contributed by atoms with Gasteiger partial charge in [-0.3, -0.25) is 15.6 Å². The van der Waals surface area contributed by atoms with Crippen LogP contribution in [0.5, 0.6) is 11.5 Å². The van der Waals surface area contributed by atoms with Crippen LogP contribution in [0.3, 0.4) is 0 Å². The number of rotatable bonds is 8. The van der Waals surface area contributed by atoms with Crippen LogP contribution in [0.1, 0.15) is 22.8 Å². The number of benzene rings is 2. The van der Waals surface area contributed by atoms with Crippen LogP contribution in [0, 0.1) is 0 Å². The third-order valence-corrected chi connectivity index (χ3v) is 3.70. The molecule has 0 fully saturated rings. The maximum absolute atomic E-state index is 12.1. The fourth-order valence-electron chi connectivity index (χ4n) is 2.11. The Bertz CT molecular complexity index is 761. The SMILES string of the molecule is C=CCNC(=S)NNC(=O)c1ccc(COc2ccc(OCC)cc2)cc1. The van der Waals surface area contributed by atoms with Gasteiger partial charge in [-0.25, -0.2) is 0 Å². The maximum Gasteiger partial charge on any atom is 0.269 e. The highest BCUT2D eigenvalue weighted by Gasteiger charge is 2.06. The molecule has 3 N–H and O–H groups in total. The minimum Gasteiger partial charge on any atom is -0.494 e. The van der Waals surface area contributed by atoms with E-state index < -0.39 is 0 Å². The summed E-state index contributed by atoms with van der Waals surface area (Å²) in [4.78, 5) is 12.1. The summed E-state index contributed by atoms with van der Waals surface area (Å²) >= 11 is 5.00. The number of carbonyl (C=O) groups excluding carboxylic acids is 1. The number of thiocarbonyl (C=S) groups is 1. The van der Waals surface area contributed by atoms with Crippen LogP contribution < -0.4 is 25.6 Å². The zero-order valence-corrected chi connectivity index (χ0v) is 16.0. The van der Waals surface area contributed by atoms with Crippen LogP contribution in [-0.2, 0) is 6.61 Å². The average molecular weight is 385 g/mol. The number of hydrogen-bond donors (Lipinski definition) is 3. The Labute approximate surface area is 164 Å². The van der Waals surface area contributed by atoms with Crippen molar-refractivity contribution in [1.82, 2.24) is 16.2 Å². The van der Waals surface area contributed by atoms with Crippen molar-refractivity contribution in [3.05, 3.63) is 72.3 Å². The van der Waals surface area contributed by atoms with Gasteiger partial charge in [-0.15, -0.1) is 6.58 Å². The lowest BCUT2D eigenvalue weighted by Crippen LogP contribution is -2.46. The van der Waals surface area contributed by atoms with E-state index in [9.17, 15) is 4.79 Å². The highest BCUT2D eigenvalue weighted by molar-refractivity contribution is 7.80. The first-order valence-electron chi connectivity index (χ1n) is 8.52. The van der Waals surface area contributed by atoms with Gasteiger partial charge in [0, 0.05) is 12.1 Å². The molecule has 2 aromatic rings. The van der Waals surface area contributed by atoms with Crippen LogP contribution in [0.4, 0.5) is 0 Å². The van der Waals surface area contributed by atoms with Crippen molar-refractivity contribution in [3.63, 3.8) is 0 Å². The molecule has 0 atom stereocenters. The van der Waals surface area contributed by atoms with E-state index in [2.05, 4.69) is 22.7 Å². The second-order valence-electron chi connectivity index (χ2n) is 5.47. The Balaban J connectivity index is 1.81. The summed E-state index contributed by atoms with van der Waals surface area (Å²) in [6.45, 7) is 7.08. The van der Waals surface area contributed by atoms with Crippen LogP contribution in [0.25, 0.3) is 0 Å². The average Bonchev–Trinajstić information content (AvgIpc) is 2.70. The molecule has 0 radical (unpaired) electrons. The second-order valence-corrected chi connectivity index (χ2v) is 5.88. The first-order chi connectivity index (χ1) is 13.1. The van der Waals surface area contributed by atoms with Gasteiger partial charge in [-0.1, -0.05) is 18.2 Å². The highest BCUT2D eigenvalue weighted by Crippen LogP contribution is 2.18. The van der Waals surface area contributed by atoms with E-state index >= 15 is 0 Å². The molecule has 0 aliphatic carbocycles. The molecule has 0 aliphatic heterocycles. The smallest absolute Gasteiger partial charge is 0.269 e. The zero-order valence-electron chi connectivity index (χ0n) is 15.2. The highest BCUT2D eigenvalue weighted by atomic mass is 32.1. The monoisotopic (exact) mass is 385 g/mol. The van der Waals surface area contributed by atoms with Crippen molar-refractivity contribution in [1.29, 1.82) is 0 Å². The molecule has 2 rings (SSSR count). The molecule has 0 aliphatic rings. The fraction of sp³-hybridized carbons (Fsp3) is 0.200. The van der Waals surface area contributed by atoms with Crippen molar-refractivity contribution >= 4 is 23.2 Å². The minimum absolute atomic E-state index is 0.281. The molecule has 0 aromatic heterocycles. The molecule has 7 heteroatoms. The van der Waals surface area contributed by atoms with Crippen LogP contribution in [-0.4, -0.2) is 24.2 Å². The van der Waals surface area contributed by atoms with Gasteiger partial charge >= 0.3 is 0 Å². The number of amides is 1. The lowest BCUT2D eigenvalue weighted by molar-refractivity contribution is 0.0943. The van der Waals surface area contributed by atoms with Gasteiger partial charge < -0.3 is 14.8 Å². The number of carbonyl (C=O) groups is 1. The van der Waals surface area contributed by atoms with Gasteiger partial charge in [0.2, 0.25) is 0 Å². The summed E-state index contributed by atoms with van der Waals surface area (Å²) in [5, 5.41) is 3.18. The van der Waals surface area contributed by atoms with Crippen molar-refractivity contribution in [3.8, 4) is 11.5 Å². The van der Waals surface area contributed by atoms with E-state index in [-0.39, 0.29) is 5.91 Å². The largest absolute Gasteiger partial charge is 0.494 e. The number of hydrazine groups is 1. The summed E-state index contributed by atoms with van der Waals surface area (Å²) in [5.74, 6) is 1.29. The Morgan fingerprint density at radius 1 is 1.04 bits per heavy atom. The molecule has 0 saturated carbocycles. The van der Waals surface area contributed by atoms with Crippen LogP contribution in [0.2, 0.25) is 0 Å². The normalized spacial score (nSPS) is 9.81. The predicted molar refractivity (Wildman–Crippen MR) is 110 cm³/mol. The molecule has 27 heavy (non-hydrogen) atoms.